The molecule has 4 heterocycles. The molecule has 0 saturated heterocycles. The van der Waals surface area contributed by atoms with Crippen molar-refractivity contribution in [1.29, 1.82) is 0 Å². The SMILES string of the molecule is CN1c2cccc3c2B2c4c1cccc4N(C)c1cc(-c4ccc(-c5ccc(-c6nc(-c7ccccc7)nc(-c7ccccc7)n6)cc5)cc4)cc(c12)N3C. The van der Waals surface area contributed by atoms with Gasteiger partial charge in [-0.3, -0.25) is 0 Å². The summed E-state index contributed by atoms with van der Waals surface area (Å²) in [4.78, 5) is 21.8. The highest BCUT2D eigenvalue weighted by atomic mass is 15.2. The van der Waals surface area contributed by atoms with Crippen molar-refractivity contribution in [2.75, 3.05) is 35.8 Å². The predicted octanol–water partition coefficient (Wildman–Crippen LogP) is 8.97. The molecule has 0 unspecified atom stereocenters. The minimum Gasteiger partial charge on any atom is -0.345 e. The highest BCUT2D eigenvalue weighted by Gasteiger charge is 2.46. The fraction of sp³-hybridized carbons (Fsp3) is 0.0625. The first-order valence-electron chi connectivity index (χ1n) is 18.7. The molecule has 0 spiro atoms. The molecule has 0 radical (unpaired) electrons. The molecule has 8 aromatic rings. The van der Waals surface area contributed by atoms with Gasteiger partial charge >= 0.3 is 0 Å². The van der Waals surface area contributed by atoms with Crippen molar-refractivity contribution in [3.05, 3.63) is 158 Å². The van der Waals surface area contributed by atoms with Gasteiger partial charge in [-0.1, -0.05) is 121 Å². The Labute approximate surface area is 321 Å². The third-order valence-corrected chi connectivity index (χ3v) is 11.7. The van der Waals surface area contributed by atoms with Crippen molar-refractivity contribution in [1.82, 2.24) is 15.0 Å². The van der Waals surface area contributed by atoms with E-state index in [1.165, 1.54) is 61.6 Å². The van der Waals surface area contributed by atoms with Gasteiger partial charge in [-0.2, -0.15) is 0 Å². The smallest absolute Gasteiger partial charge is 0.257 e. The quantitative estimate of drug-likeness (QED) is 0.167. The van der Waals surface area contributed by atoms with Crippen LogP contribution in [0, 0.1) is 0 Å². The van der Waals surface area contributed by atoms with Crippen LogP contribution in [0.15, 0.2) is 158 Å². The Balaban J connectivity index is 0.943. The summed E-state index contributed by atoms with van der Waals surface area (Å²) in [5.74, 6) is 1.97. The monoisotopic (exact) mass is 706 g/mol. The standard InChI is InChI=1S/C48H35BN6/c1-53-37-16-10-18-39-43(37)49-44-38(53)17-11-19-40(44)55(3)42-29-36(28-41(45(42)49)54(39)2)32-22-20-30(21-23-32)31-24-26-35(27-25-31)48-51-46(33-12-6-4-7-13-33)50-47(52-48)34-14-8-5-9-15-34/h4-29H,1-3H3. The first-order chi connectivity index (χ1) is 27.0. The second-order valence-corrected chi connectivity index (χ2v) is 14.7. The van der Waals surface area contributed by atoms with E-state index in [4.69, 9.17) is 15.0 Å². The van der Waals surface area contributed by atoms with Crippen LogP contribution in [0.25, 0.3) is 56.4 Å². The molecule has 3 aliphatic heterocycles. The second kappa shape index (κ2) is 12.0. The highest BCUT2D eigenvalue weighted by Crippen LogP contribution is 2.44. The first kappa shape index (κ1) is 31.5. The maximum atomic E-state index is 4.92. The molecule has 0 saturated carbocycles. The van der Waals surface area contributed by atoms with Gasteiger partial charge in [-0.05, 0) is 75.0 Å². The lowest BCUT2D eigenvalue weighted by Crippen LogP contribution is -2.65. The summed E-state index contributed by atoms with van der Waals surface area (Å²) in [6.07, 6.45) is 0. The number of anilines is 6. The maximum absolute atomic E-state index is 4.92. The van der Waals surface area contributed by atoms with E-state index in [-0.39, 0.29) is 6.71 Å². The Hall–Kier alpha value is -6.99. The van der Waals surface area contributed by atoms with E-state index in [2.05, 4.69) is 133 Å². The minimum absolute atomic E-state index is 0.206. The van der Waals surface area contributed by atoms with Crippen LogP contribution in [0.5, 0.6) is 0 Å². The molecule has 0 fully saturated rings. The van der Waals surface area contributed by atoms with E-state index < -0.39 is 0 Å². The van der Waals surface area contributed by atoms with E-state index >= 15 is 0 Å². The zero-order valence-corrected chi connectivity index (χ0v) is 30.8. The van der Waals surface area contributed by atoms with Crippen LogP contribution in [-0.2, 0) is 0 Å². The molecule has 7 aromatic carbocycles. The average Bonchev–Trinajstić information content (AvgIpc) is 3.26. The molecule has 55 heavy (non-hydrogen) atoms. The summed E-state index contributed by atoms with van der Waals surface area (Å²) in [7, 11) is 6.64. The van der Waals surface area contributed by atoms with E-state index in [0.717, 1.165) is 27.8 Å². The third kappa shape index (κ3) is 4.79. The number of hydrogen-bond donors (Lipinski definition) is 0. The lowest BCUT2D eigenvalue weighted by atomic mass is 9.32. The van der Waals surface area contributed by atoms with Crippen molar-refractivity contribution in [3.63, 3.8) is 0 Å². The average molecular weight is 707 g/mol. The molecule has 0 bridgehead atoms. The van der Waals surface area contributed by atoms with Crippen LogP contribution in [-0.4, -0.2) is 42.8 Å². The zero-order chi connectivity index (χ0) is 36.8. The normalized spacial score (nSPS) is 13.2. The molecule has 0 amide bonds. The van der Waals surface area contributed by atoms with Gasteiger partial charge in [-0.25, -0.2) is 15.0 Å². The van der Waals surface area contributed by atoms with Crippen LogP contribution in [0.2, 0.25) is 0 Å². The molecule has 0 N–H and O–H groups in total. The largest absolute Gasteiger partial charge is 0.345 e. The van der Waals surface area contributed by atoms with E-state index in [0.29, 0.717) is 17.5 Å². The van der Waals surface area contributed by atoms with Crippen LogP contribution < -0.4 is 31.1 Å². The Morgan fingerprint density at radius 2 is 0.618 bits per heavy atom. The topological polar surface area (TPSA) is 48.4 Å². The minimum atomic E-state index is 0.206. The number of nitrogens with zero attached hydrogens (tertiary/aromatic N) is 6. The molecule has 0 aliphatic carbocycles. The van der Waals surface area contributed by atoms with Gasteiger partial charge in [-0.15, -0.1) is 0 Å². The summed E-state index contributed by atoms with van der Waals surface area (Å²) in [6, 6.07) is 55.9. The molecule has 260 valence electrons. The van der Waals surface area contributed by atoms with Gasteiger partial charge in [0.2, 0.25) is 0 Å². The molecular weight excluding hydrogens is 671 g/mol. The van der Waals surface area contributed by atoms with Gasteiger partial charge in [0, 0.05) is 72.0 Å². The van der Waals surface area contributed by atoms with Crippen molar-refractivity contribution in [2.24, 2.45) is 0 Å². The summed E-state index contributed by atoms with van der Waals surface area (Å²) in [5, 5.41) is 0. The van der Waals surface area contributed by atoms with Crippen molar-refractivity contribution in [2.45, 2.75) is 0 Å². The second-order valence-electron chi connectivity index (χ2n) is 14.7. The van der Waals surface area contributed by atoms with Gasteiger partial charge in [0.15, 0.2) is 17.5 Å². The molecule has 3 aliphatic rings. The van der Waals surface area contributed by atoms with Crippen molar-refractivity contribution < 1.29 is 0 Å². The van der Waals surface area contributed by atoms with Gasteiger partial charge in [0.25, 0.3) is 6.71 Å². The van der Waals surface area contributed by atoms with E-state index in [1.54, 1.807) is 0 Å². The van der Waals surface area contributed by atoms with Crippen molar-refractivity contribution in [3.8, 4) is 56.4 Å². The fourth-order valence-electron chi connectivity index (χ4n) is 8.91. The number of rotatable bonds is 5. The molecule has 7 heteroatoms. The summed E-state index contributed by atoms with van der Waals surface area (Å²) < 4.78 is 0. The number of hydrogen-bond acceptors (Lipinski definition) is 6. The summed E-state index contributed by atoms with van der Waals surface area (Å²) >= 11 is 0. The maximum Gasteiger partial charge on any atom is 0.257 e. The Morgan fingerprint density at radius 1 is 0.309 bits per heavy atom. The van der Waals surface area contributed by atoms with Crippen LogP contribution in [0.4, 0.5) is 34.1 Å². The first-order valence-corrected chi connectivity index (χ1v) is 18.7. The third-order valence-electron chi connectivity index (χ3n) is 11.7. The predicted molar refractivity (Wildman–Crippen MR) is 229 cm³/mol. The lowest BCUT2D eigenvalue weighted by molar-refractivity contribution is 1.07. The Morgan fingerprint density at radius 3 is 1.02 bits per heavy atom. The molecule has 0 atom stereocenters. The number of benzene rings is 7. The molecule has 11 rings (SSSR count). The van der Waals surface area contributed by atoms with Crippen LogP contribution in [0.3, 0.4) is 0 Å². The molecule has 6 nitrogen and oxygen atoms in total. The van der Waals surface area contributed by atoms with Crippen LogP contribution in [0.1, 0.15) is 0 Å². The van der Waals surface area contributed by atoms with Gasteiger partial charge in [0.05, 0.1) is 0 Å². The summed E-state index contributed by atoms with van der Waals surface area (Å²) in [6.45, 7) is 0.206. The zero-order valence-electron chi connectivity index (χ0n) is 30.8. The number of aromatic nitrogens is 3. The van der Waals surface area contributed by atoms with Gasteiger partial charge in [0.1, 0.15) is 0 Å². The Bertz CT molecular complexity index is 2660. The van der Waals surface area contributed by atoms with E-state index in [9.17, 15) is 0 Å². The lowest BCUT2D eigenvalue weighted by Gasteiger charge is -2.47. The molecular formula is C48H35BN6. The van der Waals surface area contributed by atoms with Gasteiger partial charge < -0.3 is 14.7 Å². The fourth-order valence-corrected chi connectivity index (χ4v) is 8.91. The highest BCUT2D eigenvalue weighted by molar-refractivity contribution is 7.02. The summed E-state index contributed by atoms with van der Waals surface area (Å²) in [5.41, 5.74) is 19.4. The van der Waals surface area contributed by atoms with Crippen LogP contribution >= 0.6 is 0 Å². The van der Waals surface area contributed by atoms with E-state index in [1.807, 2.05) is 60.7 Å². The Kier molecular flexibility index (Phi) is 6.89. The molecule has 1 aromatic heterocycles. The van der Waals surface area contributed by atoms with Crippen molar-refractivity contribution >= 4 is 57.2 Å².